The van der Waals surface area contributed by atoms with E-state index in [1.54, 1.807) is 11.3 Å². The van der Waals surface area contributed by atoms with Gasteiger partial charge in [0.1, 0.15) is 0 Å². The van der Waals surface area contributed by atoms with Gasteiger partial charge in [-0.25, -0.2) is 4.98 Å². The second kappa shape index (κ2) is 4.95. The smallest absolute Gasteiger partial charge is 0.0975 e. The molecule has 16 heavy (non-hydrogen) atoms. The minimum atomic E-state index is 0.574. The van der Waals surface area contributed by atoms with Crippen LogP contribution in [0.3, 0.4) is 0 Å². The van der Waals surface area contributed by atoms with Crippen LogP contribution in [-0.2, 0) is 13.0 Å². The molecule has 0 radical (unpaired) electrons. The van der Waals surface area contributed by atoms with Gasteiger partial charge in [-0.15, -0.1) is 11.3 Å². The van der Waals surface area contributed by atoms with E-state index in [0.717, 1.165) is 22.1 Å². The molecule has 0 unspecified atom stereocenters. The van der Waals surface area contributed by atoms with Crippen molar-refractivity contribution >= 4 is 22.9 Å². The first-order valence-corrected chi connectivity index (χ1v) is 6.28. The number of aromatic nitrogens is 1. The summed E-state index contributed by atoms with van der Waals surface area (Å²) in [4.78, 5) is 5.68. The number of thiazole rings is 1. The van der Waals surface area contributed by atoms with E-state index < -0.39 is 0 Å². The van der Waals surface area contributed by atoms with Crippen LogP contribution in [0.2, 0.25) is 5.02 Å². The first kappa shape index (κ1) is 11.6. The number of benzene rings is 1. The molecule has 0 saturated heterocycles. The Kier molecular flexibility index (Phi) is 3.59. The zero-order valence-electron chi connectivity index (χ0n) is 9.03. The average molecular weight is 253 g/mol. The van der Waals surface area contributed by atoms with Gasteiger partial charge < -0.3 is 5.73 Å². The summed E-state index contributed by atoms with van der Waals surface area (Å²) < 4.78 is 0. The lowest BCUT2D eigenvalue weighted by atomic mass is 10.2. The molecule has 0 aliphatic heterocycles. The number of rotatable bonds is 3. The van der Waals surface area contributed by atoms with E-state index in [1.807, 2.05) is 31.2 Å². The largest absolute Gasteiger partial charge is 0.326 e. The Hall–Kier alpha value is -0.900. The van der Waals surface area contributed by atoms with Crippen LogP contribution in [0, 0.1) is 6.92 Å². The van der Waals surface area contributed by atoms with Gasteiger partial charge in [-0.3, -0.25) is 0 Å². The number of nitrogens with zero attached hydrogens (tertiary/aromatic N) is 1. The van der Waals surface area contributed by atoms with Crippen molar-refractivity contribution in [1.82, 2.24) is 4.98 Å². The Morgan fingerprint density at radius 1 is 1.31 bits per heavy atom. The van der Waals surface area contributed by atoms with E-state index in [2.05, 4.69) is 4.98 Å². The Morgan fingerprint density at radius 2 is 2.00 bits per heavy atom. The van der Waals surface area contributed by atoms with Crippen LogP contribution in [-0.4, -0.2) is 4.98 Å². The number of aryl methyl sites for hydroxylation is 1. The molecular weight excluding hydrogens is 240 g/mol. The molecule has 84 valence electrons. The molecule has 2 rings (SSSR count). The van der Waals surface area contributed by atoms with Gasteiger partial charge in [0.15, 0.2) is 0 Å². The van der Waals surface area contributed by atoms with Gasteiger partial charge in [0.25, 0.3) is 0 Å². The van der Waals surface area contributed by atoms with Gasteiger partial charge in [0.05, 0.1) is 10.7 Å². The molecule has 2 N–H and O–H groups in total. The Bertz CT molecular complexity index is 476. The predicted molar refractivity (Wildman–Crippen MR) is 69.0 cm³/mol. The van der Waals surface area contributed by atoms with E-state index in [-0.39, 0.29) is 0 Å². The quantitative estimate of drug-likeness (QED) is 0.912. The van der Waals surface area contributed by atoms with E-state index in [4.69, 9.17) is 17.3 Å². The van der Waals surface area contributed by atoms with Crippen LogP contribution in [0.15, 0.2) is 24.3 Å². The second-order valence-corrected chi connectivity index (χ2v) is 5.23. The first-order valence-electron chi connectivity index (χ1n) is 5.08. The van der Waals surface area contributed by atoms with Crippen LogP contribution in [0.1, 0.15) is 21.1 Å². The van der Waals surface area contributed by atoms with E-state index in [9.17, 15) is 0 Å². The van der Waals surface area contributed by atoms with Crippen molar-refractivity contribution in [3.63, 3.8) is 0 Å². The first-order chi connectivity index (χ1) is 7.69. The summed E-state index contributed by atoms with van der Waals surface area (Å²) in [7, 11) is 0. The highest BCUT2D eigenvalue weighted by Crippen LogP contribution is 2.21. The number of hydrogen-bond acceptors (Lipinski definition) is 3. The van der Waals surface area contributed by atoms with Gasteiger partial charge >= 0.3 is 0 Å². The maximum Gasteiger partial charge on any atom is 0.0975 e. The summed E-state index contributed by atoms with van der Waals surface area (Å²) in [6.45, 7) is 2.58. The maximum absolute atomic E-state index is 5.84. The molecule has 1 aromatic heterocycles. The molecule has 0 aliphatic carbocycles. The molecule has 1 aromatic carbocycles. The molecule has 2 nitrogen and oxygen atoms in total. The molecule has 2 aromatic rings. The average Bonchev–Trinajstić information content (AvgIpc) is 2.62. The van der Waals surface area contributed by atoms with Crippen molar-refractivity contribution in [3.8, 4) is 0 Å². The highest BCUT2D eigenvalue weighted by atomic mass is 35.5. The summed E-state index contributed by atoms with van der Waals surface area (Å²) in [6, 6.07) is 7.87. The van der Waals surface area contributed by atoms with Crippen LogP contribution in [0.25, 0.3) is 0 Å². The fraction of sp³-hybridized carbons (Fsp3) is 0.250. The normalized spacial score (nSPS) is 10.7. The third kappa shape index (κ3) is 2.61. The number of halogens is 1. The molecular formula is C12H13ClN2S. The highest BCUT2D eigenvalue weighted by Gasteiger charge is 2.06. The van der Waals surface area contributed by atoms with Crippen molar-refractivity contribution in [3.05, 3.63) is 50.4 Å². The lowest BCUT2D eigenvalue weighted by Gasteiger charge is -1.97. The van der Waals surface area contributed by atoms with Crippen LogP contribution in [0.5, 0.6) is 0 Å². The molecule has 0 fully saturated rings. The number of nitrogens with two attached hydrogens (primary N) is 1. The molecule has 0 saturated carbocycles. The zero-order chi connectivity index (χ0) is 11.5. The highest BCUT2D eigenvalue weighted by molar-refractivity contribution is 7.11. The molecule has 1 heterocycles. The van der Waals surface area contributed by atoms with Crippen molar-refractivity contribution in [2.24, 2.45) is 5.73 Å². The molecule has 0 bridgehead atoms. The summed E-state index contributed by atoms with van der Waals surface area (Å²) in [5.74, 6) is 0. The van der Waals surface area contributed by atoms with Crippen molar-refractivity contribution < 1.29 is 0 Å². The van der Waals surface area contributed by atoms with Crippen LogP contribution < -0.4 is 5.73 Å². The third-order valence-corrected chi connectivity index (χ3v) is 3.82. The van der Waals surface area contributed by atoms with Crippen LogP contribution >= 0.6 is 22.9 Å². The Morgan fingerprint density at radius 3 is 2.56 bits per heavy atom. The van der Waals surface area contributed by atoms with Gasteiger partial charge in [0, 0.05) is 22.9 Å². The predicted octanol–water partition coefficient (Wildman–Crippen LogP) is 3.15. The van der Waals surface area contributed by atoms with Gasteiger partial charge in [-0.05, 0) is 24.6 Å². The standard InChI is InChI=1S/C12H13ClN2S/c1-8-11(7-14)16-12(15-8)6-9-2-4-10(13)5-3-9/h2-5H,6-7,14H2,1H3. The monoisotopic (exact) mass is 252 g/mol. The lowest BCUT2D eigenvalue weighted by molar-refractivity contribution is 1.04. The van der Waals surface area contributed by atoms with Crippen LogP contribution in [0.4, 0.5) is 0 Å². The summed E-state index contributed by atoms with van der Waals surface area (Å²) >= 11 is 7.53. The zero-order valence-corrected chi connectivity index (χ0v) is 10.6. The van der Waals surface area contributed by atoms with Crippen molar-refractivity contribution in [2.45, 2.75) is 19.9 Å². The Balaban J connectivity index is 2.17. The molecule has 0 amide bonds. The molecule has 0 spiro atoms. The molecule has 0 atom stereocenters. The summed E-state index contributed by atoms with van der Waals surface area (Å²) in [6.07, 6.45) is 0.850. The maximum atomic E-state index is 5.84. The second-order valence-electron chi connectivity index (χ2n) is 3.62. The van der Waals surface area contributed by atoms with Gasteiger partial charge in [0.2, 0.25) is 0 Å². The third-order valence-electron chi connectivity index (χ3n) is 2.39. The van der Waals surface area contributed by atoms with Gasteiger partial charge in [-0.1, -0.05) is 23.7 Å². The van der Waals surface area contributed by atoms with Gasteiger partial charge in [-0.2, -0.15) is 0 Å². The topological polar surface area (TPSA) is 38.9 Å². The van der Waals surface area contributed by atoms with Crippen molar-refractivity contribution in [2.75, 3.05) is 0 Å². The number of hydrogen-bond donors (Lipinski definition) is 1. The fourth-order valence-electron chi connectivity index (χ4n) is 1.53. The SMILES string of the molecule is Cc1nc(Cc2ccc(Cl)cc2)sc1CN. The Labute approximate surface area is 104 Å². The van der Waals surface area contributed by atoms with Crippen molar-refractivity contribution in [1.29, 1.82) is 0 Å². The minimum absolute atomic E-state index is 0.574. The fourth-order valence-corrected chi connectivity index (χ4v) is 2.64. The van der Waals surface area contributed by atoms with E-state index in [0.29, 0.717) is 6.54 Å². The lowest BCUT2D eigenvalue weighted by Crippen LogP contribution is -1.94. The summed E-state index contributed by atoms with van der Waals surface area (Å²) in [5.41, 5.74) is 7.91. The molecule has 4 heteroatoms. The minimum Gasteiger partial charge on any atom is -0.326 e. The summed E-state index contributed by atoms with van der Waals surface area (Å²) in [5, 5.41) is 1.88. The van der Waals surface area contributed by atoms with E-state index in [1.165, 1.54) is 10.4 Å². The molecule has 0 aliphatic rings. The van der Waals surface area contributed by atoms with E-state index >= 15 is 0 Å².